The van der Waals surface area contributed by atoms with E-state index in [-0.39, 0.29) is 18.4 Å². The van der Waals surface area contributed by atoms with E-state index >= 15 is 0 Å². The molecule has 1 unspecified atom stereocenters. The van der Waals surface area contributed by atoms with E-state index in [9.17, 15) is 32.8 Å². The van der Waals surface area contributed by atoms with Gasteiger partial charge in [0.1, 0.15) is 18.1 Å². The van der Waals surface area contributed by atoms with E-state index in [4.69, 9.17) is 0 Å². The Bertz CT molecular complexity index is 1250. The zero-order valence-corrected chi connectivity index (χ0v) is 21.8. The van der Waals surface area contributed by atoms with Crippen LogP contribution in [0.1, 0.15) is 52.6 Å². The number of fused-ring (bicyclic) bond motifs is 1. The molecular formula is C26H31F3N6O3. The van der Waals surface area contributed by atoms with Crippen LogP contribution in [0.5, 0.6) is 0 Å². The maximum atomic E-state index is 13.6. The lowest BCUT2D eigenvalue weighted by Crippen LogP contribution is -2.60. The van der Waals surface area contributed by atoms with Crippen LogP contribution >= 0.6 is 0 Å². The third-order valence-corrected chi connectivity index (χ3v) is 6.76. The second-order valence-corrected chi connectivity index (χ2v) is 10.8. The van der Waals surface area contributed by atoms with Crippen LogP contribution in [0.4, 0.5) is 13.2 Å². The van der Waals surface area contributed by atoms with Crippen molar-refractivity contribution in [2.24, 2.45) is 17.3 Å². The number of hydrogen-bond acceptors (Lipinski definition) is 6. The van der Waals surface area contributed by atoms with Crippen molar-refractivity contribution in [2.75, 3.05) is 6.54 Å². The van der Waals surface area contributed by atoms with E-state index < -0.39 is 47.4 Å². The summed E-state index contributed by atoms with van der Waals surface area (Å²) in [6.45, 7) is 8.47. The maximum absolute atomic E-state index is 13.6. The van der Waals surface area contributed by atoms with Crippen LogP contribution in [-0.4, -0.2) is 57.4 Å². The van der Waals surface area contributed by atoms with Crippen LogP contribution in [-0.2, 0) is 14.4 Å². The normalized spacial score (nSPS) is 19.6. The number of aromatic nitrogens is 2. The summed E-state index contributed by atoms with van der Waals surface area (Å²) in [4.78, 5) is 48.7. The number of carbonyl (C=O) groups excluding carboxylic acids is 3. The van der Waals surface area contributed by atoms with E-state index in [0.717, 1.165) is 0 Å². The first-order chi connectivity index (χ1) is 17.7. The van der Waals surface area contributed by atoms with Gasteiger partial charge in [0.25, 0.3) is 0 Å². The largest absolute Gasteiger partial charge is 0.471 e. The minimum Gasteiger partial charge on any atom is -0.336 e. The van der Waals surface area contributed by atoms with Gasteiger partial charge in [-0.25, -0.2) is 0 Å². The number of likely N-dealkylation sites (tertiary alicyclic amines) is 1. The number of hydrogen-bond donors (Lipinski definition) is 2. The molecule has 2 N–H and O–H groups in total. The minimum absolute atomic E-state index is 0.0529. The first-order valence-electron chi connectivity index (χ1n) is 12.2. The highest BCUT2D eigenvalue weighted by atomic mass is 19.4. The van der Waals surface area contributed by atoms with Gasteiger partial charge in [0.2, 0.25) is 11.8 Å². The number of nitrogens with zero attached hydrogens (tertiary/aromatic N) is 4. The van der Waals surface area contributed by atoms with E-state index in [0.29, 0.717) is 22.9 Å². The summed E-state index contributed by atoms with van der Waals surface area (Å²) in [5.41, 5.74) is -0.220. The van der Waals surface area contributed by atoms with Crippen LogP contribution in [0.3, 0.4) is 0 Å². The average Bonchev–Trinajstić information content (AvgIpc) is 3.29. The molecule has 0 saturated carbocycles. The summed E-state index contributed by atoms with van der Waals surface area (Å²) < 4.78 is 39.1. The molecule has 1 aliphatic heterocycles. The van der Waals surface area contributed by atoms with Gasteiger partial charge in [0.15, 0.2) is 0 Å². The molecule has 0 aromatic carbocycles. The molecule has 2 aromatic heterocycles. The number of alkyl halides is 3. The maximum Gasteiger partial charge on any atom is 0.471 e. The predicted molar refractivity (Wildman–Crippen MR) is 132 cm³/mol. The van der Waals surface area contributed by atoms with Crippen molar-refractivity contribution in [3.8, 4) is 6.07 Å². The van der Waals surface area contributed by atoms with Crippen molar-refractivity contribution in [3.05, 3.63) is 36.3 Å². The van der Waals surface area contributed by atoms with Gasteiger partial charge in [-0.1, -0.05) is 34.6 Å². The molecule has 9 nitrogen and oxygen atoms in total. The standard InChI is InChI=1S/C26H31F3N6O3/c1-14(2)16-8-10-35(23(37)21(25(3,4)5)34-24(38)26(27,28)29)20(16)22(36)33-18(11-30)17-13-31-12-15-7-6-9-32-19(15)17/h6-7,9,12-14,16,18,20-21H,8,10H2,1-5H3,(H,33,36)(H,34,38)/t16-,18?,20+,21-/m1/s1. The van der Waals surface area contributed by atoms with E-state index in [1.807, 2.05) is 25.2 Å². The van der Waals surface area contributed by atoms with E-state index in [1.165, 1.54) is 31.9 Å². The molecule has 0 aliphatic carbocycles. The molecule has 0 bridgehead atoms. The predicted octanol–water partition coefficient (Wildman–Crippen LogP) is 3.28. The second-order valence-electron chi connectivity index (χ2n) is 10.8. The molecule has 2 aromatic rings. The summed E-state index contributed by atoms with van der Waals surface area (Å²) >= 11 is 0. The lowest BCUT2D eigenvalue weighted by molar-refractivity contribution is -0.176. The topological polar surface area (TPSA) is 128 Å². The summed E-state index contributed by atoms with van der Waals surface area (Å²) in [7, 11) is 0. The number of halogens is 3. The van der Waals surface area contributed by atoms with Crippen molar-refractivity contribution in [1.29, 1.82) is 5.26 Å². The summed E-state index contributed by atoms with van der Waals surface area (Å²) in [6, 6.07) is 1.80. The number of nitrogens with one attached hydrogen (secondary N) is 2. The quantitative estimate of drug-likeness (QED) is 0.588. The van der Waals surface area contributed by atoms with Gasteiger partial charge in [-0.2, -0.15) is 18.4 Å². The Kier molecular flexibility index (Phi) is 8.29. The van der Waals surface area contributed by atoms with Gasteiger partial charge in [-0.3, -0.25) is 24.4 Å². The smallest absolute Gasteiger partial charge is 0.336 e. The number of carbonyl (C=O) groups is 3. The Labute approximate surface area is 218 Å². The highest BCUT2D eigenvalue weighted by Gasteiger charge is 2.49. The SMILES string of the molecule is CC(C)[C@H]1CCN(C(=O)[C@@H](NC(=O)C(F)(F)F)C(C)(C)C)[C@@H]1C(=O)NC(C#N)c1cncc2cccnc12. The molecule has 1 saturated heterocycles. The Morgan fingerprint density at radius 2 is 1.84 bits per heavy atom. The average molecular weight is 533 g/mol. The molecule has 12 heteroatoms. The second kappa shape index (κ2) is 10.9. The fraction of sp³-hybridized carbons (Fsp3) is 0.538. The van der Waals surface area contributed by atoms with Crippen LogP contribution < -0.4 is 10.6 Å². The fourth-order valence-electron chi connectivity index (χ4n) is 4.77. The first kappa shape index (κ1) is 28.8. The van der Waals surface area contributed by atoms with Crippen molar-refractivity contribution in [1.82, 2.24) is 25.5 Å². The minimum atomic E-state index is -5.17. The lowest BCUT2D eigenvalue weighted by Gasteiger charge is -2.37. The summed E-state index contributed by atoms with van der Waals surface area (Å²) in [5.74, 6) is -4.01. The third-order valence-electron chi connectivity index (χ3n) is 6.76. The number of amides is 3. The molecule has 0 radical (unpaired) electrons. The molecular weight excluding hydrogens is 501 g/mol. The van der Waals surface area contributed by atoms with Gasteiger partial charge in [0, 0.05) is 36.1 Å². The van der Waals surface area contributed by atoms with Gasteiger partial charge >= 0.3 is 12.1 Å². The van der Waals surface area contributed by atoms with Crippen molar-refractivity contribution in [3.63, 3.8) is 0 Å². The van der Waals surface area contributed by atoms with Crippen LogP contribution in [0.2, 0.25) is 0 Å². The fourth-order valence-corrected chi connectivity index (χ4v) is 4.77. The summed E-state index contributed by atoms with van der Waals surface area (Å²) in [5, 5.41) is 15.1. The molecule has 3 heterocycles. The Morgan fingerprint density at radius 1 is 1.16 bits per heavy atom. The number of nitriles is 1. The third kappa shape index (κ3) is 6.03. The molecule has 3 rings (SSSR count). The molecule has 1 fully saturated rings. The van der Waals surface area contributed by atoms with E-state index in [2.05, 4.69) is 15.3 Å². The van der Waals surface area contributed by atoms with Gasteiger partial charge < -0.3 is 15.5 Å². The lowest BCUT2D eigenvalue weighted by atomic mass is 9.84. The highest BCUT2D eigenvalue weighted by Crippen LogP contribution is 2.34. The number of rotatable bonds is 6. The van der Waals surface area contributed by atoms with Gasteiger partial charge in [-0.05, 0) is 35.8 Å². The van der Waals surface area contributed by atoms with Crippen molar-refractivity contribution in [2.45, 2.75) is 65.3 Å². The first-order valence-corrected chi connectivity index (χ1v) is 12.2. The van der Waals surface area contributed by atoms with E-state index in [1.54, 1.807) is 24.5 Å². The molecule has 1 aliphatic rings. The zero-order valence-electron chi connectivity index (χ0n) is 21.8. The van der Waals surface area contributed by atoms with Crippen LogP contribution in [0.25, 0.3) is 10.9 Å². The van der Waals surface area contributed by atoms with Gasteiger partial charge in [-0.15, -0.1) is 0 Å². The van der Waals surface area contributed by atoms with Crippen molar-refractivity contribution < 1.29 is 27.6 Å². The molecule has 4 atom stereocenters. The Morgan fingerprint density at radius 3 is 2.42 bits per heavy atom. The van der Waals surface area contributed by atoms with Crippen LogP contribution in [0, 0.1) is 28.6 Å². The highest BCUT2D eigenvalue weighted by molar-refractivity contribution is 5.94. The zero-order chi connectivity index (χ0) is 28.4. The molecule has 0 spiro atoms. The molecule has 3 amide bonds. The van der Waals surface area contributed by atoms with Crippen molar-refractivity contribution >= 4 is 28.6 Å². The number of pyridine rings is 2. The monoisotopic (exact) mass is 532 g/mol. The summed E-state index contributed by atoms with van der Waals surface area (Å²) in [6.07, 6.45) is -0.178. The Hall–Kier alpha value is -3.75. The van der Waals surface area contributed by atoms with Crippen LogP contribution in [0.15, 0.2) is 30.7 Å². The molecule has 204 valence electrons. The van der Waals surface area contributed by atoms with Gasteiger partial charge in [0.05, 0.1) is 11.6 Å². The Balaban J connectivity index is 1.94. The molecule has 38 heavy (non-hydrogen) atoms.